The standard InChI is InChI=1S/C38H37N3O5S/c1-7-45-32-21-28(16-19-31(32)44-6)35-34(37(43)46-8-2)24(4)39-38-41(35)36(42)33(47-38)22-29-20-23(3)40(25(29)5)30-17-14-27(15-18-30)26-12-10-9-11-13-26/h9-22,35H,7-8H2,1-6H3/b33-22-/t35-/m0/s1. The van der Waals surface area contributed by atoms with Gasteiger partial charge >= 0.3 is 5.97 Å². The Morgan fingerprint density at radius 3 is 2.32 bits per heavy atom. The summed E-state index contributed by atoms with van der Waals surface area (Å²) < 4.78 is 21.1. The lowest BCUT2D eigenvalue weighted by Crippen LogP contribution is -2.40. The molecule has 1 aliphatic heterocycles. The van der Waals surface area contributed by atoms with Gasteiger partial charge in [-0.05, 0) is 93.3 Å². The number of fused-ring (bicyclic) bond motifs is 1. The minimum absolute atomic E-state index is 0.199. The van der Waals surface area contributed by atoms with Crippen LogP contribution in [0.25, 0.3) is 22.9 Å². The van der Waals surface area contributed by atoms with Crippen molar-refractivity contribution >= 4 is 23.4 Å². The Morgan fingerprint density at radius 2 is 1.64 bits per heavy atom. The normalized spacial score (nSPS) is 14.5. The number of ether oxygens (including phenoxy) is 3. The molecule has 0 fully saturated rings. The van der Waals surface area contributed by atoms with Gasteiger partial charge in [0, 0.05) is 17.1 Å². The topological polar surface area (TPSA) is 84.1 Å². The number of methoxy groups -OCH3 is 1. The van der Waals surface area contributed by atoms with Gasteiger partial charge in [-0.1, -0.05) is 59.9 Å². The highest BCUT2D eigenvalue weighted by Gasteiger charge is 2.34. The maximum absolute atomic E-state index is 14.3. The van der Waals surface area contributed by atoms with Gasteiger partial charge in [0.2, 0.25) is 0 Å². The molecule has 0 spiro atoms. The van der Waals surface area contributed by atoms with E-state index in [-0.39, 0.29) is 12.2 Å². The Kier molecular flexibility index (Phi) is 9.00. The number of aromatic nitrogens is 2. The molecule has 47 heavy (non-hydrogen) atoms. The van der Waals surface area contributed by atoms with E-state index in [1.807, 2.05) is 43.3 Å². The number of rotatable bonds is 9. The van der Waals surface area contributed by atoms with Crippen molar-refractivity contribution in [3.8, 4) is 28.3 Å². The molecule has 0 radical (unpaired) electrons. The molecule has 0 bridgehead atoms. The Bertz CT molecular complexity index is 2170. The molecule has 0 saturated carbocycles. The summed E-state index contributed by atoms with van der Waals surface area (Å²) in [6.07, 6.45) is 1.92. The van der Waals surface area contributed by atoms with Crippen LogP contribution in [-0.4, -0.2) is 35.4 Å². The first-order valence-corrected chi connectivity index (χ1v) is 16.4. The molecular weight excluding hydrogens is 611 g/mol. The number of hydrogen-bond donors (Lipinski definition) is 0. The summed E-state index contributed by atoms with van der Waals surface area (Å²) in [5, 5.41) is 0. The van der Waals surface area contributed by atoms with E-state index in [0.29, 0.717) is 44.3 Å². The van der Waals surface area contributed by atoms with Crippen LogP contribution in [0.15, 0.2) is 99.9 Å². The summed E-state index contributed by atoms with van der Waals surface area (Å²) in [5.41, 5.74) is 7.63. The first kappa shape index (κ1) is 31.8. The van der Waals surface area contributed by atoms with Gasteiger partial charge in [-0.2, -0.15) is 0 Å². The second kappa shape index (κ2) is 13.3. The first-order chi connectivity index (χ1) is 22.7. The van der Waals surface area contributed by atoms with E-state index in [1.54, 1.807) is 31.6 Å². The maximum atomic E-state index is 14.3. The lowest BCUT2D eigenvalue weighted by Gasteiger charge is -2.25. The third-order valence-corrected chi connectivity index (χ3v) is 9.29. The lowest BCUT2D eigenvalue weighted by molar-refractivity contribution is -0.139. The van der Waals surface area contributed by atoms with Gasteiger partial charge in [0.25, 0.3) is 5.56 Å². The predicted molar refractivity (Wildman–Crippen MR) is 185 cm³/mol. The highest BCUT2D eigenvalue weighted by Crippen LogP contribution is 2.36. The Hall–Kier alpha value is -5.15. The molecule has 0 unspecified atom stereocenters. The van der Waals surface area contributed by atoms with Gasteiger partial charge in [0.15, 0.2) is 16.3 Å². The zero-order chi connectivity index (χ0) is 33.2. The molecule has 9 heteroatoms. The van der Waals surface area contributed by atoms with Gasteiger partial charge in [0.1, 0.15) is 0 Å². The minimum atomic E-state index is -0.756. The Balaban J connectivity index is 1.46. The molecule has 0 amide bonds. The van der Waals surface area contributed by atoms with Crippen LogP contribution in [0.3, 0.4) is 0 Å². The molecule has 0 N–H and O–H groups in total. The zero-order valence-corrected chi connectivity index (χ0v) is 28.2. The largest absolute Gasteiger partial charge is 0.493 e. The van der Waals surface area contributed by atoms with Gasteiger partial charge in [-0.3, -0.25) is 9.36 Å². The Morgan fingerprint density at radius 1 is 0.915 bits per heavy atom. The summed E-state index contributed by atoms with van der Waals surface area (Å²) in [7, 11) is 1.57. The van der Waals surface area contributed by atoms with Crippen molar-refractivity contribution in [1.29, 1.82) is 0 Å². The smallest absolute Gasteiger partial charge is 0.338 e. The second-order valence-electron chi connectivity index (χ2n) is 11.2. The van der Waals surface area contributed by atoms with E-state index >= 15 is 0 Å². The van der Waals surface area contributed by atoms with Crippen molar-refractivity contribution in [1.82, 2.24) is 9.13 Å². The van der Waals surface area contributed by atoms with Crippen molar-refractivity contribution in [3.63, 3.8) is 0 Å². The molecule has 3 heterocycles. The van der Waals surface area contributed by atoms with Gasteiger partial charge in [-0.25, -0.2) is 9.79 Å². The van der Waals surface area contributed by atoms with Gasteiger partial charge in [0.05, 0.1) is 42.2 Å². The minimum Gasteiger partial charge on any atom is -0.493 e. The van der Waals surface area contributed by atoms with Crippen LogP contribution < -0.4 is 24.4 Å². The number of allylic oxidation sites excluding steroid dienone is 1. The fraction of sp³-hybridized carbons (Fsp3) is 0.237. The zero-order valence-electron chi connectivity index (χ0n) is 27.4. The van der Waals surface area contributed by atoms with Crippen LogP contribution in [0, 0.1) is 13.8 Å². The molecule has 240 valence electrons. The van der Waals surface area contributed by atoms with Crippen LogP contribution in [0.4, 0.5) is 0 Å². The van der Waals surface area contributed by atoms with E-state index in [4.69, 9.17) is 19.2 Å². The number of carbonyl (C=O) groups excluding carboxylic acids is 1. The van der Waals surface area contributed by atoms with Gasteiger partial charge < -0.3 is 18.8 Å². The average Bonchev–Trinajstić information content (AvgIpc) is 3.53. The van der Waals surface area contributed by atoms with Gasteiger partial charge in [-0.15, -0.1) is 0 Å². The monoisotopic (exact) mass is 647 g/mol. The second-order valence-corrected chi connectivity index (χ2v) is 12.2. The number of thiazole rings is 1. The fourth-order valence-electron chi connectivity index (χ4n) is 6.14. The molecule has 0 saturated heterocycles. The first-order valence-electron chi connectivity index (χ1n) is 15.6. The molecule has 1 atom stereocenters. The fourth-order valence-corrected chi connectivity index (χ4v) is 7.18. The summed E-state index contributed by atoms with van der Waals surface area (Å²) in [4.78, 5) is 32.8. The maximum Gasteiger partial charge on any atom is 0.338 e. The van der Waals surface area contributed by atoms with Crippen molar-refractivity contribution in [2.24, 2.45) is 4.99 Å². The van der Waals surface area contributed by atoms with Crippen LogP contribution >= 0.6 is 11.3 Å². The highest BCUT2D eigenvalue weighted by atomic mass is 32.1. The number of hydrogen-bond acceptors (Lipinski definition) is 7. The van der Waals surface area contributed by atoms with Crippen molar-refractivity contribution in [2.45, 2.75) is 40.7 Å². The SMILES string of the molecule is CCOC(=O)C1=C(C)N=c2s/c(=C\c3cc(C)n(-c4ccc(-c5ccccc5)cc4)c3C)c(=O)n2[C@H]1c1ccc(OC)c(OCC)c1. The number of aryl methyl sites for hydroxylation is 1. The number of carbonyl (C=O) groups is 1. The van der Waals surface area contributed by atoms with Crippen LogP contribution in [0.1, 0.15) is 49.3 Å². The summed E-state index contributed by atoms with van der Waals surface area (Å²) >= 11 is 1.30. The van der Waals surface area contributed by atoms with Crippen LogP contribution in [-0.2, 0) is 9.53 Å². The van der Waals surface area contributed by atoms with E-state index in [1.165, 1.54) is 16.9 Å². The predicted octanol–water partition coefficient (Wildman–Crippen LogP) is 6.28. The summed E-state index contributed by atoms with van der Waals surface area (Å²) in [5.74, 6) is 0.576. The molecule has 2 aromatic heterocycles. The molecule has 0 aliphatic carbocycles. The molecule has 3 aromatic carbocycles. The van der Waals surface area contributed by atoms with Crippen LogP contribution in [0.5, 0.6) is 11.5 Å². The molecular formula is C38H37N3O5S. The third kappa shape index (κ3) is 5.94. The molecule has 1 aliphatic rings. The van der Waals surface area contributed by atoms with E-state index in [9.17, 15) is 9.59 Å². The van der Waals surface area contributed by atoms with Crippen molar-refractivity contribution in [2.75, 3.05) is 20.3 Å². The van der Waals surface area contributed by atoms with E-state index in [2.05, 4.69) is 60.9 Å². The van der Waals surface area contributed by atoms with E-state index < -0.39 is 12.0 Å². The van der Waals surface area contributed by atoms with Crippen molar-refractivity contribution in [3.05, 3.63) is 132 Å². The average molecular weight is 648 g/mol. The van der Waals surface area contributed by atoms with Crippen LogP contribution in [0.2, 0.25) is 0 Å². The lowest BCUT2D eigenvalue weighted by atomic mass is 9.95. The summed E-state index contributed by atoms with van der Waals surface area (Å²) in [6.45, 7) is 10.2. The van der Waals surface area contributed by atoms with Crippen molar-refractivity contribution < 1.29 is 19.0 Å². The molecule has 6 rings (SSSR count). The van der Waals surface area contributed by atoms with E-state index in [0.717, 1.165) is 28.2 Å². The number of nitrogens with zero attached hydrogens (tertiary/aromatic N) is 3. The number of esters is 1. The summed E-state index contributed by atoms with van der Waals surface area (Å²) in [6, 6.07) is 25.6. The highest BCUT2D eigenvalue weighted by molar-refractivity contribution is 7.07. The molecule has 5 aromatic rings. The quantitative estimate of drug-likeness (QED) is 0.176. The third-order valence-electron chi connectivity index (χ3n) is 8.31. The molecule has 8 nitrogen and oxygen atoms in total. The Labute approximate surface area is 277 Å². The number of benzene rings is 3.